The van der Waals surface area contributed by atoms with Crippen LogP contribution in [0.15, 0.2) is 5.16 Å². The van der Waals surface area contributed by atoms with Crippen molar-refractivity contribution < 1.29 is 9.57 Å². The second kappa shape index (κ2) is 4.28. The topological polar surface area (TPSA) is 30.8 Å². The van der Waals surface area contributed by atoms with E-state index in [0.717, 1.165) is 19.4 Å². The molecule has 0 radical (unpaired) electrons. The van der Waals surface area contributed by atoms with Gasteiger partial charge in [0.15, 0.2) is 0 Å². The Kier molecular flexibility index (Phi) is 3.22. The zero-order valence-electron chi connectivity index (χ0n) is 6.25. The highest BCUT2D eigenvalue weighted by atomic mass is 16.6. The number of rotatable bonds is 3. The van der Waals surface area contributed by atoms with Gasteiger partial charge in [-0.1, -0.05) is 5.16 Å². The molecule has 0 aromatic rings. The van der Waals surface area contributed by atoms with E-state index in [0.29, 0.717) is 6.61 Å². The monoisotopic (exact) mass is 143 g/mol. The Morgan fingerprint density at radius 2 is 2.70 bits per heavy atom. The summed E-state index contributed by atoms with van der Waals surface area (Å²) in [4.78, 5) is 4.78. The van der Waals surface area contributed by atoms with Gasteiger partial charge in [0.1, 0.15) is 6.61 Å². The van der Waals surface area contributed by atoms with E-state index in [4.69, 9.17) is 9.57 Å². The lowest BCUT2D eigenvalue weighted by Gasteiger charge is -1.99. The average Bonchev–Trinajstić information content (AvgIpc) is 2.41. The van der Waals surface area contributed by atoms with Crippen LogP contribution in [0.2, 0.25) is 0 Å². The molecule has 0 aromatic carbocycles. The molecule has 3 heteroatoms. The van der Waals surface area contributed by atoms with Crippen molar-refractivity contribution in [2.45, 2.75) is 25.9 Å². The van der Waals surface area contributed by atoms with Crippen LogP contribution in [0, 0.1) is 0 Å². The molecule has 0 N–H and O–H groups in total. The van der Waals surface area contributed by atoms with Crippen molar-refractivity contribution in [3.63, 3.8) is 0 Å². The largest absolute Gasteiger partial charge is 0.396 e. The van der Waals surface area contributed by atoms with Gasteiger partial charge in [-0.2, -0.15) is 0 Å². The van der Waals surface area contributed by atoms with Gasteiger partial charge in [0.2, 0.25) is 0 Å². The molecule has 58 valence electrons. The first-order valence-electron chi connectivity index (χ1n) is 3.70. The van der Waals surface area contributed by atoms with Gasteiger partial charge in [-0.05, 0) is 19.8 Å². The first-order chi connectivity index (χ1) is 4.93. The lowest BCUT2D eigenvalue weighted by molar-refractivity contribution is 0.139. The maximum absolute atomic E-state index is 5.27. The van der Waals surface area contributed by atoms with E-state index in [9.17, 15) is 0 Å². The number of oxime groups is 1. The Balaban J connectivity index is 2.10. The molecule has 1 saturated heterocycles. The fourth-order valence-electron chi connectivity index (χ4n) is 0.906. The molecule has 1 aliphatic heterocycles. The molecule has 0 spiro atoms. The van der Waals surface area contributed by atoms with Crippen LogP contribution in [0.25, 0.3) is 0 Å². The quantitative estimate of drug-likeness (QED) is 0.439. The highest BCUT2D eigenvalue weighted by Gasteiger charge is 2.12. The summed E-state index contributed by atoms with van der Waals surface area (Å²) in [5.41, 5.74) is 0. The number of hydrogen-bond acceptors (Lipinski definition) is 3. The Morgan fingerprint density at radius 3 is 3.30 bits per heavy atom. The lowest BCUT2D eigenvalue weighted by Crippen LogP contribution is -2.05. The van der Waals surface area contributed by atoms with Gasteiger partial charge >= 0.3 is 0 Å². The van der Waals surface area contributed by atoms with Crippen LogP contribution in [0.3, 0.4) is 0 Å². The summed E-state index contributed by atoms with van der Waals surface area (Å²) < 4.78 is 5.27. The zero-order valence-corrected chi connectivity index (χ0v) is 6.25. The smallest absolute Gasteiger partial charge is 0.114 e. The molecule has 1 atom stereocenters. The van der Waals surface area contributed by atoms with E-state index >= 15 is 0 Å². The Hall–Kier alpha value is -0.570. The molecule has 0 bridgehead atoms. The summed E-state index contributed by atoms with van der Waals surface area (Å²) >= 11 is 0. The maximum atomic E-state index is 5.27. The molecule has 1 rings (SSSR count). The van der Waals surface area contributed by atoms with Gasteiger partial charge in [0, 0.05) is 6.61 Å². The van der Waals surface area contributed by atoms with Crippen LogP contribution < -0.4 is 0 Å². The third-order valence-corrected chi connectivity index (χ3v) is 1.40. The van der Waals surface area contributed by atoms with E-state index in [2.05, 4.69) is 5.16 Å². The minimum atomic E-state index is 0.201. The molecule has 0 amide bonds. The number of hydrogen-bond donors (Lipinski definition) is 0. The van der Waals surface area contributed by atoms with Crippen LogP contribution >= 0.6 is 0 Å². The van der Waals surface area contributed by atoms with E-state index in [-0.39, 0.29) is 6.10 Å². The van der Waals surface area contributed by atoms with Gasteiger partial charge < -0.3 is 9.57 Å². The molecule has 0 aromatic heterocycles. The van der Waals surface area contributed by atoms with Crippen LogP contribution in [-0.4, -0.2) is 25.5 Å². The highest BCUT2D eigenvalue weighted by molar-refractivity contribution is 5.62. The SMILES string of the molecule is CCON=CC1CCCO1. The number of nitrogens with zero attached hydrogens (tertiary/aromatic N) is 1. The molecular weight excluding hydrogens is 130 g/mol. The molecular formula is C7H13NO2. The first kappa shape index (κ1) is 7.54. The molecule has 1 unspecified atom stereocenters. The standard InChI is InChI=1S/C7H13NO2/c1-2-10-8-6-7-4-3-5-9-7/h6-7H,2-5H2,1H3. The van der Waals surface area contributed by atoms with Crippen molar-refractivity contribution >= 4 is 6.21 Å². The zero-order chi connectivity index (χ0) is 7.23. The second-order valence-corrected chi connectivity index (χ2v) is 2.22. The molecule has 0 aliphatic carbocycles. The van der Waals surface area contributed by atoms with Gasteiger partial charge in [-0.15, -0.1) is 0 Å². The summed E-state index contributed by atoms with van der Waals surface area (Å²) in [6.45, 7) is 3.40. The fraction of sp³-hybridized carbons (Fsp3) is 0.857. The maximum Gasteiger partial charge on any atom is 0.114 e. The van der Waals surface area contributed by atoms with Crippen molar-refractivity contribution in [1.82, 2.24) is 0 Å². The summed E-state index contributed by atoms with van der Waals surface area (Å²) in [5.74, 6) is 0. The summed E-state index contributed by atoms with van der Waals surface area (Å²) in [5, 5.41) is 3.72. The van der Waals surface area contributed by atoms with Crippen LogP contribution in [0.5, 0.6) is 0 Å². The van der Waals surface area contributed by atoms with Crippen molar-refractivity contribution in [3.8, 4) is 0 Å². The van der Waals surface area contributed by atoms with Gasteiger partial charge in [-0.25, -0.2) is 0 Å². The van der Waals surface area contributed by atoms with Crippen molar-refractivity contribution in [3.05, 3.63) is 0 Å². The van der Waals surface area contributed by atoms with Crippen molar-refractivity contribution in [1.29, 1.82) is 0 Å². The van der Waals surface area contributed by atoms with E-state index in [1.807, 2.05) is 6.92 Å². The molecule has 0 saturated carbocycles. The first-order valence-corrected chi connectivity index (χ1v) is 3.70. The van der Waals surface area contributed by atoms with E-state index in [1.165, 1.54) is 0 Å². The molecule has 3 nitrogen and oxygen atoms in total. The lowest BCUT2D eigenvalue weighted by atomic mass is 10.3. The third-order valence-electron chi connectivity index (χ3n) is 1.40. The number of ether oxygens (including phenoxy) is 1. The molecule has 10 heavy (non-hydrogen) atoms. The second-order valence-electron chi connectivity index (χ2n) is 2.22. The third kappa shape index (κ3) is 2.35. The molecule has 1 fully saturated rings. The molecule has 1 heterocycles. The normalized spacial score (nSPS) is 25.9. The Bertz CT molecular complexity index is 108. The van der Waals surface area contributed by atoms with Gasteiger partial charge in [0.05, 0.1) is 12.3 Å². The van der Waals surface area contributed by atoms with Gasteiger partial charge in [-0.3, -0.25) is 0 Å². The van der Waals surface area contributed by atoms with Crippen molar-refractivity contribution in [2.24, 2.45) is 5.16 Å². The minimum Gasteiger partial charge on any atom is -0.396 e. The Morgan fingerprint density at radius 1 is 1.80 bits per heavy atom. The average molecular weight is 143 g/mol. The predicted molar refractivity (Wildman–Crippen MR) is 39.1 cm³/mol. The summed E-state index contributed by atoms with van der Waals surface area (Å²) in [6, 6.07) is 0. The highest BCUT2D eigenvalue weighted by Crippen LogP contribution is 2.09. The Labute approximate surface area is 61.0 Å². The van der Waals surface area contributed by atoms with Crippen LogP contribution in [-0.2, 0) is 9.57 Å². The van der Waals surface area contributed by atoms with E-state index < -0.39 is 0 Å². The summed E-state index contributed by atoms with van der Waals surface area (Å²) in [7, 11) is 0. The fourth-order valence-corrected chi connectivity index (χ4v) is 0.906. The van der Waals surface area contributed by atoms with Crippen LogP contribution in [0.1, 0.15) is 19.8 Å². The molecule has 1 aliphatic rings. The summed E-state index contributed by atoms with van der Waals surface area (Å²) in [6.07, 6.45) is 4.15. The van der Waals surface area contributed by atoms with Crippen LogP contribution in [0.4, 0.5) is 0 Å². The van der Waals surface area contributed by atoms with Crippen molar-refractivity contribution in [2.75, 3.05) is 13.2 Å². The van der Waals surface area contributed by atoms with Gasteiger partial charge in [0.25, 0.3) is 0 Å². The predicted octanol–water partition coefficient (Wildman–Crippen LogP) is 1.19. The minimum absolute atomic E-state index is 0.201. The van der Waals surface area contributed by atoms with E-state index in [1.54, 1.807) is 6.21 Å².